The van der Waals surface area contributed by atoms with Crippen molar-refractivity contribution in [2.75, 3.05) is 5.32 Å². The molecule has 0 aromatic heterocycles. The van der Waals surface area contributed by atoms with Gasteiger partial charge in [-0.15, -0.1) is 0 Å². The summed E-state index contributed by atoms with van der Waals surface area (Å²) in [5.74, 6) is 1.83. The summed E-state index contributed by atoms with van der Waals surface area (Å²) in [6.45, 7) is 1.96. The van der Waals surface area contributed by atoms with Gasteiger partial charge in [-0.2, -0.15) is 0 Å². The van der Waals surface area contributed by atoms with Crippen molar-refractivity contribution in [1.82, 2.24) is 0 Å². The van der Waals surface area contributed by atoms with Crippen LogP contribution in [0.15, 0.2) is 18.2 Å². The first kappa shape index (κ1) is 12.0. The number of anilines is 1. The average Bonchev–Trinajstić information content (AvgIpc) is 2.96. The molecule has 0 aliphatic heterocycles. The summed E-state index contributed by atoms with van der Waals surface area (Å²) in [5.41, 5.74) is 1.85. The molecule has 1 amide bonds. The van der Waals surface area contributed by atoms with Crippen molar-refractivity contribution in [3.63, 3.8) is 0 Å². The van der Waals surface area contributed by atoms with Crippen LogP contribution in [0, 0.1) is 24.7 Å². The molecule has 1 N–H and O–H groups in total. The number of benzene rings is 1. The Hall–Kier alpha value is -1.02. The van der Waals surface area contributed by atoms with E-state index in [1.807, 2.05) is 25.1 Å². The van der Waals surface area contributed by atoms with Crippen molar-refractivity contribution < 1.29 is 4.79 Å². The van der Waals surface area contributed by atoms with Gasteiger partial charge in [0.25, 0.3) is 0 Å². The third-order valence-corrected chi connectivity index (χ3v) is 4.92. The Kier molecular flexibility index (Phi) is 3.06. The highest BCUT2D eigenvalue weighted by molar-refractivity contribution is 6.31. The summed E-state index contributed by atoms with van der Waals surface area (Å²) >= 11 is 6.07. The molecule has 2 aliphatic rings. The molecule has 1 aromatic rings. The van der Waals surface area contributed by atoms with Crippen LogP contribution in [0.5, 0.6) is 0 Å². The predicted octanol–water partition coefficient (Wildman–Crippen LogP) is 4.02. The number of hydrogen-bond acceptors (Lipinski definition) is 1. The molecular weight excluding hydrogens is 246 g/mol. The van der Waals surface area contributed by atoms with E-state index in [9.17, 15) is 4.79 Å². The van der Waals surface area contributed by atoms with Gasteiger partial charge in [0.2, 0.25) is 5.91 Å². The molecule has 3 atom stereocenters. The molecule has 0 saturated heterocycles. The van der Waals surface area contributed by atoms with E-state index in [0.717, 1.165) is 23.6 Å². The Morgan fingerprint density at radius 1 is 1.33 bits per heavy atom. The van der Waals surface area contributed by atoms with Crippen molar-refractivity contribution in [1.29, 1.82) is 0 Å². The maximum absolute atomic E-state index is 12.2. The maximum Gasteiger partial charge on any atom is 0.227 e. The first-order valence-electron chi connectivity index (χ1n) is 6.70. The lowest BCUT2D eigenvalue weighted by molar-refractivity contribution is -0.121. The minimum atomic E-state index is 0.183. The molecule has 3 heteroatoms. The summed E-state index contributed by atoms with van der Waals surface area (Å²) in [6.07, 6.45) is 4.89. The molecule has 0 spiro atoms. The molecule has 1 aromatic carbocycles. The van der Waals surface area contributed by atoms with Crippen LogP contribution in [0.2, 0.25) is 5.02 Å². The van der Waals surface area contributed by atoms with Crippen LogP contribution in [0.4, 0.5) is 5.69 Å². The maximum atomic E-state index is 12.2. The molecule has 3 rings (SSSR count). The monoisotopic (exact) mass is 263 g/mol. The van der Waals surface area contributed by atoms with Crippen LogP contribution in [0.1, 0.15) is 31.2 Å². The molecule has 2 saturated carbocycles. The van der Waals surface area contributed by atoms with Crippen LogP contribution >= 0.6 is 11.6 Å². The number of amides is 1. The zero-order chi connectivity index (χ0) is 12.7. The summed E-state index contributed by atoms with van der Waals surface area (Å²) in [5, 5.41) is 3.72. The Morgan fingerprint density at radius 2 is 2.17 bits per heavy atom. The molecular formula is C15H18ClNO. The number of aryl methyl sites for hydroxylation is 1. The van der Waals surface area contributed by atoms with Gasteiger partial charge in [-0.25, -0.2) is 0 Å². The normalized spacial score (nSPS) is 29.6. The number of halogens is 1. The number of carbonyl (C=O) groups is 1. The van der Waals surface area contributed by atoms with E-state index >= 15 is 0 Å². The topological polar surface area (TPSA) is 29.1 Å². The fourth-order valence-electron chi connectivity index (χ4n) is 3.47. The number of nitrogens with one attached hydrogen (secondary N) is 1. The van der Waals surface area contributed by atoms with E-state index in [-0.39, 0.29) is 11.8 Å². The Bertz CT molecular complexity index is 485. The zero-order valence-electron chi connectivity index (χ0n) is 10.6. The quantitative estimate of drug-likeness (QED) is 0.858. The second-order valence-electron chi connectivity index (χ2n) is 5.73. The fourth-order valence-corrected chi connectivity index (χ4v) is 3.65. The summed E-state index contributed by atoms with van der Waals surface area (Å²) in [4.78, 5) is 12.2. The minimum absolute atomic E-state index is 0.183. The van der Waals surface area contributed by atoms with Crippen LogP contribution in [-0.4, -0.2) is 5.91 Å². The van der Waals surface area contributed by atoms with E-state index in [0.29, 0.717) is 10.9 Å². The second-order valence-corrected chi connectivity index (χ2v) is 6.14. The Morgan fingerprint density at radius 3 is 2.78 bits per heavy atom. The van der Waals surface area contributed by atoms with Gasteiger partial charge >= 0.3 is 0 Å². The Labute approximate surface area is 113 Å². The summed E-state index contributed by atoms with van der Waals surface area (Å²) in [7, 11) is 0. The van der Waals surface area contributed by atoms with E-state index < -0.39 is 0 Å². The van der Waals surface area contributed by atoms with Crippen molar-refractivity contribution in [3.05, 3.63) is 28.8 Å². The smallest absolute Gasteiger partial charge is 0.227 e. The van der Waals surface area contributed by atoms with Crippen molar-refractivity contribution in [2.24, 2.45) is 17.8 Å². The van der Waals surface area contributed by atoms with Gasteiger partial charge in [0.05, 0.1) is 0 Å². The highest BCUT2D eigenvalue weighted by Gasteiger charge is 2.42. The van der Waals surface area contributed by atoms with E-state index in [1.54, 1.807) is 0 Å². The van der Waals surface area contributed by atoms with Crippen molar-refractivity contribution in [3.8, 4) is 0 Å². The SMILES string of the molecule is Cc1ccc(NC(=O)[C@@H]2C[C@@H]3CC[C@@H]2C3)cc1Cl. The van der Waals surface area contributed by atoms with Crippen LogP contribution in [-0.2, 0) is 4.79 Å². The van der Waals surface area contributed by atoms with Crippen LogP contribution in [0.3, 0.4) is 0 Å². The van der Waals surface area contributed by atoms with Gasteiger partial charge in [0, 0.05) is 16.6 Å². The summed E-state index contributed by atoms with van der Waals surface area (Å²) < 4.78 is 0. The van der Waals surface area contributed by atoms with Crippen LogP contribution in [0.25, 0.3) is 0 Å². The number of fused-ring (bicyclic) bond motifs is 2. The zero-order valence-corrected chi connectivity index (χ0v) is 11.3. The van der Waals surface area contributed by atoms with Gasteiger partial charge in [0.15, 0.2) is 0 Å². The van der Waals surface area contributed by atoms with Gasteiger partial charge in [-0.05, 0) is 55.7 Å². The molecule has 2 bridgehead atoms. The van der Waals surface area contributed by atoms with Crippen molar-refractivity contribution >= 4 is 23.2 Å². The average molecular weight is 264 g/mol. The first-order valence-corrected chi connectivity index (χ1v) is 7.08. The second kappa shape index (κ2) is 4.58. The van der Waals surface area contributed by atoms with E-state index in [4.69, 9.17) is 11.6 Å². The molecule has 0 unspecified atom stereocenters. The largest absolute Gasteiger partial charge is 0.326 e. The number of hydrogen-bond donors (Lipinski definition) is 1. The standard InChI is InChI=1S/C15H18ClNO/c1-9-2-5-12(8-14(9)16)17-15(18)13-7-10-3-4-11(13)6-10/h2,5,8,10-11,13H,3-4,6-7H2,1H3,(H,17,18)/t10-,11-,13-/m1/s1. The van der Waals surface area contributed by atoms with E-state index in [2.05, 4.69) is 5.32 Å². The molecule has 2 aliphatic carbocycles. The van der Waals surface area contributed by atoms with E-state index in [1.165, 1.54) is 19.3 Å². The molecule has 18 heavy (non-hydrogen) atoms. The molecule has 0 heterocycles. The lowest BCUT2D eigenvalue weighted by atomic mass is 9.88. The first-order chi connectivity index (χ1) is 8.63. The fraction of sp³-hybridized carbons (Fsp3) is 0.533. The summed E-state index contributed by atoms with van der Waals surface area (Å²) in [6, 6.07) is 5.70. The number of carbonyl (C=O) groups excluding carboxylic acids is 1. The van der Waals surface area contributed by atoms with Gasteiger partial charge in [0.1, 0.15) is 0 Å². The highest BCUT2D eigenvalue weighted by atomic mass is 35.5. The number of rotatable bonds is 2. The highest BCUT2D eigenvalue weighted by Crippen LogP contribution is 2.48. The van der Waals surface area contributed by atoms with Gasteiger partial charge < -0.3 is 5.32 Å². The van der Waals surface area contributed by atoms with Crippen LogP contribution < -0.4 is 5.32 Å². The Balaban J connectivity index is 1.69. The lowest BCUT2D eigenvalue weighted by Gasteiger charge is -2.20. The molecule has 96 valence electrons. The van der Waals surface area contributed by atoms with Crippen molar-refractivity contribution in [2.45, 2.75) is 32.6 Å². The predicted molar refractivity (Wildman–Crippen MR) is 73.8 cm³/mol. The molecule has 2 fully saturated rings. The molecule has 0 radical (unpaired) electrons. The van der Waals surface area contributed by atoms with Gasteiger partial charge in [-0.3, -0.25) is 4.79 Å². The minimum Gasteiger partial charge on any atom is -0.326 e. The third kappa shape index (κ3) is 2.14. The van der Waals surface area contributed by atoms with Gasteiger partial charge in [-0.1, -0.05) is 24.1 Å². The molecule has 2 nitrogen and oxygen atoms in total. The lowest BCUT2D eigenvalue weighted by Crippen LogP contribution is -2.27. The third-order valence-electron chi connectivity index (χ3n) is 4.51.